The molecule has 0 heterocycles. The lowest BCUT2D eigenvalue weighted by molar-refractivity contribution is -0.123. The van der Waals surface area contributed by atoms with Crippen molar-refractivity contribution < 1.29 is 14.6 Å². The minimum absolute atomic E-state index is 0.136. The molecule has 2 aromatic rings. The quantitative estimate of drug-likeness (QED) is 0.596. The van der Waals surface area contributed by atoms with E-state index in [1.54, 1.807) is 49.4 Å². The minimum Gasteiger partial charge on any atom is -0.508 e. The number of hydrogen-bond acceptors (Lipinski definition) is 4. The van der Waals surface area contributed by atoms with Crippen LogP contribution in [0.3, 0.4) is 0 Å². The molecule has 0 radical (unpaired) electrons. The van der Waals surface area contributed by atoms with E-state index >= 15 is 0 Å². The Morgan fingerprint density at radius 1 is 1.35 bits per heavy atom. The topological polar surface area (TPSA) is 70.9 Å². The van der Waals surface area contributed by atoms with E-state index in [0.717, 1.165) is 4.47 Å². The molecule has 23 heavy (non-hydrogen) atoms. The van der Waals surface area contributed by atoms with E-state index in [0.29, 0.717) is 22.0 Å². The molecule has 0 atom stereocenters. The monoisotopic (exact) mass is 396 g/mol. The summed E-state index contributed by atoms with van der Waals surface area (Å²) in [5.41, 5.74) is 3.67. The van der Waals surface area contributed by atoms with Crippen molar-refractivity contribution in [2.24, 2.45) is 5.10 Å². The average molecular weight is 398 g/mol. The Morgan fingerprint density at radius 2 is 2.13 bits per heavy atom. The van der Waals surface area contributed by atoms with E-state index in [2.05, 4.69) is 26.5 Å². The minimum atomic E-state index is -0.413. The van der Waals surface area contributed by atoms with Crippen LogP contribution < -0.4 is 10.2 Å². The molecule has 7 heteroatoms. The first-order valence-corrected chi connectivity index (χ1v) is 7.83. The van der Waals surface area contributed by atoms with Gasteiger partial charge in [0.2, 0.25) is 0 Å². The number of rotatable bonds is 5. The zero-order chi connectivity index (χ0) is 16.8. The second-order valence-corrected chi connectivity index (χ2v) is 5.97. The van der Waals surface area contributed by atoms with Crippen LogP contribution in [0.2, 0.25) is 5.02 Å². The van der Waals surface area contributed by atoms with Crippen molar-refractivity contribution in [2.75, 3.05) is 6.61 Å². The van der Waals surface area contributed by atoms with Gasteiger partial charge < -0.3 is 9.84 Å². The number of halogens is 2. The molecule has 5 nitrogen and oxygen atoms in total. The van der Waals surface area contributed by atoms with E-state index < -0.39 is 5.91 Å². The van der Waals surface area contributed by atoms with E-state index in [9.17, 15) is 9.90 Å². The van der Waals surface area contributed by atoms with Crippen molar-refractivity contribution in [1.29, 1.82) is 0 Å². The highest BCUT2D eigenvalue weighted by Crippen LogP contribution is 2.27. The SMILES string of the molecule is C/C(=N/NC(=O)COc1ccc(Br)cc1Cl)c1cccc(O)c1. The first-order chi connectivity index (χ1) is 11.0. The highest BCUT2D eigenvalue weighted by molar-refractivity contribution is 9.10. The predicted octanol–water partition coefficient (Wildman–Crippen LogP) is 3.73. The van der Waals surface area contributed by atoms with Crippen LogP contribution in [-0.4, -0.2) is 23.3 Å². The van der Waals surface area contributed by atoms with Gasteiger partial charge in [-0.05, 0) is 37.3 Å². The van der Waals surface area contributed by atoms with Gasteiger partial charge in [-0.1, -0.05) is 39.7 Å². The number of amides is 1. The van der Waals surface area contributed by atoms with E-state index in [1.165, 1.54) is 0 Å². The van der Waals surface area contributed by atoms with Gasteiger partial charge in [-0.25, -0.2) is 5.43 Å². The van der Waals surface area contributed by atoms with Gasteiger partial charge in [-0.2, -0.15) is 5.10 Å². The summed E-state index contributed by atoms with van der Waals surface area (Å²) >= 11 is 9.29. The molecule has 120 valence electrons. The molecule has 2 aromatic carbocycles. The molecule has 0 unspecified atom stereocenters. The summed E-state index contributed by atoms with van der Waals surface area (Å²) in [5.74, 6) is 0.138. The molecule has 0 saturated carbocycles. The summed E-state index contributed by atoms with van der Waals surface area (Å²) in [4.78, 5) is 11.8. The van der Waals surface area contributed by atoms with Gasteiger partial charge in [-0.15, -0.1) is 0 Å². The van der Waals surface area contributed by atoms with Crippen molar-refractivity contribution in [3.63, 3.8) is 0 Å². The molecule has 0 saturated heterocycles. The van der Waals surface area contributed by atoms with Gasteiger partial charge in [0.1, 0.15) is 11.5 Å². The molecule has 0 aromatic heterocycles. The van der Waals surface area contributed by atoms with Crippen LogP contribution in [0.15, 0.2) is 52.0 Å². The summed E-state index contributed by atoms with van der Waals surface area (Å²) in [6.45, 7) is 1.51. The lowest BCUT2D eigenvalue weighted by atomic mass is 10.1. The first-order valence-electron chi connectivity index (χ1n) is 6.66. The smallest absolute Gasteiger partial charge is 0.277 e. The Labute approximate surface area is 147 Å². The third-order valence-corrected chi connectivity index (χ3v) is 3.65. The first kappa shape index (κ1) is 17.3. The van der Waals surface area contributed by atoms with Crippen molar-refractivity contribution in [3.8, 4) is 11.5 Å². The average Bonchev–Trinajstić information content (AvgIpc) is 2.51. The van der Waals surface area contributed by atoms with Crippen molar-refractivity contribution in [1.82, 2.24) is 5.43 Å². The summed E-state index contributed by atoms with van der Waals surface area (Å²) in [6.07, 6.45) is 0. The Bertz CT molecular complexity index is 750. The molecule has 0 spiro atoms. The molecule has 0 fully saturated rings. The molecule has 2 rings (SSSR count). The van der Waals surface area contributed by atoms with Crippen LogP contribution in [0.4, 0.5) is 0 Å². The van der Waals surface area contributed by atoms with Gasteiger partial charge in [0, 0.05) is 10.0 Å². The summed E-state index contributed by atoms with van der Waals surface area (Å²) < 4.78 is 6.16. The van der Waals surface area contributed by atoms with Crippen LogP contribution in [-0.2, 0) is 4.79 Å². The Balaban J connectivity index is 1.90. The fourth-order valence-corrected chi connectivity index (χ4v) is 2.44. The number of nitrogens with zero attached hydrogens (tertiary/aromatic N) is 1. The standard InChI is InChI=1S/C16H14BrClN2O3/c1-10(11-3-2-4-13(21)7-11)19-20-16(22)9-23-15-6-5-12(17)8-14(15)18/h2-8,21H,9H2,1H3,(H,20,22)/b19-10-. The number of nitrogens with one attached hydrogen (secondary N) is 1. The molecular formula is C16H14BrClN2O3. The van der Waals surface area contributed by atoms with Crippen LogP contribution in [0, 0.1) is 0 Å². The van der Waals surface area contributed by atoms with Crippen molar-refractivity contribution in [3.05, 3.63) is 57.5 Å². The number of ether oxygens (including phenoxy) is 1. The van der Waals surface area contributed by atoms with Gasteiger partial charge in [0.25, 0.3) is 5.91 Å². The zero-order valence-corrected chi connectivity index (χ0v) is 14.6. The number of benzene rings is 2. The number of aromatic hydroxyl groups is 1. The number of carbonyl (C=O) groups is 1. The summed E-state index contributed by atoms with van der Waals surface area (Å²) in [5, 5.41) is 13.8. The Hall–Kier alpha value is -2.05. The van der Waals surface area contributed by atoms with E-state index in [-0.39, 0.29) is 12.4 Å². The molecular weight excluding hydrogens is 384 g/mol. The lowest BCUT2D eigenvalue weighted by Crippen LogP contribution is -2.25. The summed E-state index contributed by atoms with van der Waals surface area (Å²) in [6, 6.07) is 11.7. The summed E-state index contributed by atoms with van der Waals surface area (Å²) in [7, 11) is 0. The highest BCUT2D eigenvalue weighted by Gasteiger charge is 2.06. The highest BCUT2D eigenvalue weighted by atomic mass is 79.9. The van der Waals surface area contributed by atoms with Crippen LogP contribution in [0.25, 0.3) is 0 Å². The fraction of sp³-hybridized carbons (Fsp3) is 0.125. The third-order valence-electron chi connectivity index (χ3n) is 2.86. The van der Waals surface area contributed by atoms with Crippen molar-refractivity contribution in [2.45, 2.75) is 6.92 Å². The third kappa shape index (κ3) is 5.26. The largest absolute Gasteiger partial charge is 0.508 e. The maximum absolute atomic E-state index is 11.8. The number of phenols is 1. The predicted molar refractivity (Wildman–Crippen MR) is 93.1 cm³/mol. The second kappa shape index (κ2) is 7.99. The van der Waals surface area contributed by atoms with E-state index in [4.69, 9.17) is 16.3 Å². The number of hydrogen-bond donors (Lipinski definition) is 2. The van der Waals surface area contributed by atoms with Crippen molar-refractivity contribution >= 4 is 39.1 Å². The Kier molecular flexibility index (Phi) is 6.01. The molecule has 0 aliphatic carbocycles. The molecule has 0 aliphatic rings. The fourth-order valence-electron chi connectivity index (χ4n) is 1.71. The van der Waals surface area contributed by atoms with Crippen LogP contribution in [0.5, 0.6) is 11.5 Å². The Morgan fingerprint density at radius 3 is 2.83 bits per heavy atom. The number of carbonyl (C=O) groups excluding carboxylic acids is 1. The lowest BCUT2D eigenvalue weighted by Gasteiger charge is -2.07. The van der Waals surface area contributed by atoms with Gasteiger partial charge in [-0.3, -0.25) is 4.79 Å². The zero-order valence-electron chi connectivity index (χ0n) is 12.2. The maximum atomic E-state index is 11.8. The molecule has 2 N–H and O–H groups in total. The van der Waals surface area contributed by atoms with Crippen LogP contribution >= 0.6 is 27.5 Å². The van der Waals surface area contributed by atoms with Crippen LogP contribution in [0.1, 0.15) is 12.5 Å². The molecule has 1 amide bonds. The second-order valence-electron chi connectivity index (χ2n) is 4.65. The van der Waals surface area contributed by atoms with Gasteiger partial charge in [0.15, 0.2) is 6.61 Å². The molecule has 0 bridgehead atoms. The normalized spacial score (nSPS) is 11.2. The van der Waals surface area contributed by atoms with E-state index in [1.807, 2.05) is 0 Å². The number of hydrazone groups is 1. The number of phenolic OH excluding ortho intramolecular Hbond substituents is 1. The maximum Gasteiger partial charge on any atom is 0.277 e. The van der Waals surface area contributed by atoms with Gasteiger partial charge >= 0.3 is 0 Å². The van der Waals surface area contributed by atoms with Gasteiger partial charge in [0.05, 0.1) is 10.7 Å². The molecule has 0 aliphatic heterocycles.